The van der Waals surface area contributed by atoms with Crippen LogP contribution in [0.5, 0.6) is 0 Å². The van der Waals surface area contributed by atoms with E-state index in [0.29, 0.717) is 6.04 Å². The summed E-state index contributed by atoms with van der Waals surface area (Å²) >= 11 is 0. The first kappa shape index (κ1) is 25.4. The molecule has 5 nitrogen and oxygen atoms in total. The van der Waals surface area contributed by atoms with E-state index in [1.807, 2.05) is 0 Å². The molecule has 2 atom stereocenters. The molecule has 0 bridgehead atoms. The molecule has 1 aromatic carbocycles. The molecule has 2 aliphatic rings. The molecule has 2 aliphatic heterocycles. The van der Waals surface area contributed by atoms with E-state index in [2.05, 4.69) is 71.2 Å². The largest absolute Gasteiger partial charge is 0.357 e. The first-order valence-corrected chi connectivity index (χ1v) is 11.7. The fourth-order valence-electron chi connectivity index (χ4n) is 4.54. The van der Waals surface area contributed by atoms with E-state index in [0.717, 1.165) is 51.0 Å². The van der Waals surface area contributed by atoms with Gasteiger partial charge in [-0.25, -0.2) is 0 Å². The van der Waals surface area contributed by atoms with Crippen LogP contribution in [-0.4, -0.2) is 79.6 Å². The highest BCUT2D eigenvalue weighted by Crippen LogP contribution is 2.20. The molecule has 6 heteroatoms. The van der Waals surface area contributed by atoms with Gasteiger partial charge in [0.15, 0.2) is 5.96 Å². The summed E-state index contributed by atoms with van der Waals surface area (Å²) in [5, 5.41) is 3.53. The van der Waals surface area contributed by atoms with Crippen molar-refractivity contribution < 1.29 is 0 Å². The Hall–Kier alpha value is -0.860. The lowest BCUT2D eigenvalue weighted by atomic mass is 10.1. The summed E-state index contributed by atoms with van der Waals surface area (Å²) in [6.45, 7) is 13.5. The molecule has 0 amide bonds. The lowest BCUT2D eigenvalue weighted by molar-refractivity contribution is 0.240. The number of aliphatic imine (C=N–C) groups is 1. The van der Waals surface area contributed by atoms with E-state index < -0.39 is 0 Å². The summed E-state index contributed by atoms with van der Waals surface area (Å²) in [7, 11) is 2.22. The molecule has 2 fully saturated rings. The van der Waals surface area contributed by atoms with Crippen LogP contribution in [-0.2, 0) is 6.54 Å². The normalized spacial score (nSPS) is 21.1. The summed E-state index contributed by atoms with van der Waals surface area (Å²) < 4.78 is 0. The number of hydrogen-bond donors (Lipinski definition) is 1. The van der Waals surface area contributed by atoms with Crippen LogP contribution in [0.4, 0.5) is 0 Å². The highest BCUT2D eigenvalue weighted by Gasteiger charge is 2.27. The lowest BCUT2D eigenvalue weighted by Crippen LogP contribution is -2.41. The third kappa shape index (κ3) is 8.00. The predicted octanol–water partition coefficient (Wildman–Crippen LogP) is 3.90. The van der Waals surface area contributed by atoms with Crippen molar-refractivity contribution in [3.05, 3.63) is 35.9 Å². The highest BCUT2D eigenvalue weighted by molar-refractivity contribution is 14.0. The molecule has 170 valence electrons. The number of likely N-dealkylation sites (tertiary alicyclic amines) is 2. The average Bonchev–Trinajstić information content (AvgIpc) is 3.40. The summed E-state index contributed by atoms with van der Waals surface area (Å²) in [5.74, 6) is 1.92. The maximum absolute atomic E-state index is 4.98. The van der Waals surface area contributed by atoms with Crippen molar-refractivity contribution >= 4 is 29.9 Å². The minimum atomic E-state index is 0. The summed E-state index contributed by atoms with van der Waals surface area (Å²) in [5.41, 5.74) is 1.37. The van der Waals surface area contributed by atoms with Gasteiger partial charge in [0, 0.05) is 45.3 Å². The van der Waals surface area contributed by atoms with Crippen molar-refractivity contribution in [3.63, 3.8) is 0 Å². The van der Waals surface area contributed by atoms with Crippen LogP contribution in [0, 0.1) is 5.92 Å². The maximum atomic E-state index is 4.98. The molecule has 0 spiro atoms. The van der Waals surface area contributed by atoms with Crippen molar-refractivity contribution in [3.8, 4) is 0 Å². The van der Waals surface area contributed by atoms with E-state index >= 15 is 0 Å². The third-order valence-corrected chi connectivity index (χ3v) is 6.47. The Bertz CT molecular complexity index is 617. The molecular weight excluding hydrogens is 485 g/mol. The van der Waals surface area contributed by atoms with Crippen LogP contribution < -0.4 is 5.32 Å². The molecule has 0 radical (unpaired) electrons. The van der Waals surface area contributed by atoms with Gasteiger partial charge in [0.2, 0.25) is 0 Å². The van der Waals surface area contributed by atoms with Crippen LogP contribution >= 0.6 is 24.0 Å². The number of nitrogens with one attached hydrogen (secondary N) is 1. The van der Waals surface area contributed by atoms with Crippen LogP contribution in [0.25, 0.3) is 0 Å². The van der Waals surface area contributed by atoms with Crippen LogP contribution in [0.2, 0.25) is 0 Å². The minimum absolute atomic E-state index is 0. The molecule has 0 aliphatic carbocycles. The Morgan fingerprint density at radius 2 is 1.93 bits per heavy atom. The molecule has 2 heterocycles. The number of nitrogens with zero attached hydrogens (tertiary/aromatic N) is 4. The number of halogens is 1. The third-order valence-electron chi connectivity index (χ3n) is 6.47. The van der Waals surface area contributed by atoms with E-state index in [4.69, 9.17) is 4.99 Å². The molecular formula is C24H42IN5. The Kier molecular flexibility index (Phi) is 11.5. The van der Waals surface area contributed by atoms with Gasteiger partial charge in [-0.15, -0.1) is 24.0 Å². The first-order valence-electron chi connectivity index (χ1n) is 11.7. The molecule has 1 N–H and O–H groups in total. The van der Waals surface area contributed by atoms with E-state index in [1.165, 1.54) is 44.5 Å². The van der Waals surface area contributed by atoms with E-state index in [1.54, 1.807) is 0 Å². The monoisotopic (exact) mass is 527 g/mol. The first-order chi connectivity index (χ1) is 14.2. The van der Waals surface area contributed by atoms with E-state index in [9.17, 15) is 0 Å². The zero-order chi connectivity index (χ0) is 20.5. The quantitative estimate of drug-likeness (QED) is 0.300. The summed E-state index contributed by atoms with van der Waals surface area (Å²) in [4.78, 5) is 12.6. The van der Waals surface area contributed by atoms with Gasteiger partial charge in [0.25, 0.3) is 0 Å². The lowest BCUT2D eigenvalue weighted by Gasteiger charge is -2.25. The Morgan fingerprint density at radius 1 is 1.20 bits per heavy atom. The number of benzene rings is 1. The molecule has 3 rings (SSSR count). The van der Waals surface area contributed by atoms with Gasteiger partial charge in [-0.05, 0) is 71.1 Å². The van der Waals surface area contributed by atoms with Crippen molar-refractivity contribution in [1.29, 1.82) is 0 Å². The SMILES string of the molecule is CCNC(=NCCC(C)N(C)Cc1ccccc1)N1CCC(CN2CCCC2)C1.I. The average molecular weight is 528 g/mol. The topological polar surface area (TPSA) is 34.1 Å². The molecule has 1 aromatic rings. The Balaban J connectivity index is 0.00000320. The maximum Gasteiger partial charge on any atom is 0.193 e. The van der Waals surface area contributed by atoms with Crippen LogP contribution in [0.15, 0.2) is 35.3 Å². The number of hydrogen-bond acceptors (Lipinski definition) is 3. The van der Waals surface area contributed by atoms with Crippen molar-refractivity contribution in [2.75, 3.05) is 52.9 Å². The molecule has 0 saturated carbocycles. The zero-order valence-corrected chi connectivity index (χ0v) is 21.6. The Morgan fingerprint density at radius 3 is 2.63 bits per heavy atom. The second-order valence-electron chi connectivity index (χ2n) is 8.88. The highest BCUT2D eigenvalue weighted by atomic mass is 127. The standard InChI is InChI=1S/C24H41N5.HI/c1-4-25-24(29-17-13-23(20-29)19-28-15-8-9-16-28)26-14-12-21(2)27(3)18-22-10-6-5-7-11-22;/h5-7,10-11,21,23H,4,8-9,12-20H2,1-3H3,(H,25,26);1H. The Labute approximate surface area is 201 Å². The fourth-order valence-corrected chi connectivity index (χ4v) is 4.54. The second-order valence-corrected chi connectivity index (χ2v) is 8.88. The predicted molar refractivity (Wildman–Crippen MR) is 139 cm³/mol. The van der Waals surface area contributed by atoms with Crippen molar-refractivity contribution in [2.24, 2.45) is 10.9 Å². The van der Waals surface area contributed by atoms with Gasteiger partial charge in [-0.2, -0.15) is 0 Å². The summed E-state index contributed by atoms with van der Waals surface area (Å²) in [6, 6.07) is 11.2. The van der Waals surface area contributed by atoms with Gasteiger partial charge in [-0.3, -0.25) is 9.89 Å². The van der Waals surface area contributed by atoms with Crippen LogP contribution in [0.3, 0.4) is 0 Å². The van der Waals surface area contributed by atoms with Crippen LogP contribution in [0.1, 0.15) is 45.1 Å². The molecule has 30 heavy (non-hydrogen) atoms. The molecule has 2 unspecified atom stereocenters. The smallest absolute Gasteiger partial charge is 0.193 e. The van der Waals surface area contributed by atoms with Crippen molar-refractivity contribution in [1.82, 2.24) is 20.0 Å². The van der Waals surface area contributed by atoms with Gasteiger partial charge >= 0.3 is 0 Å². The number of guanidine groups is 1. The zero-order valence-electron chi connectivity index (χ0n) is 19.2. The second kappa shape index (κ2) is 13.5. The van der Waals surface area contributed by atoms with E-state index in [-0.39, 0.29) is 24.0 Å². The fraction of sp³-hybridized carbons (Fsp3) is 0.708. The minimum Gasteiger partial charge on any atom is -0.357 e. The van der Waals surface area contributed by atoms with Gasteiger partial charge < -0.3 is 15.1 Å². The van der Waals surface area contributed by atoms with Crippen molar-refractivity contribution in [2.45, 2.75) is 52.1 Å². The molecule has 2 saturated heterocycles. The van der Waals surface area contributed by atoms with Gasteiger partial charge in [0.05, 0.1) is 0 Å². The summed E-state index contributed by atoms with van der Waals surface area (Å²) in [6.07, 6.45) is 5.16. The number of rotatable bonds is 9. The molecule has 0 aromatic heterocycles. The van der Waals surface area contributed by atoms with Gasteiger partial charge in [-0.1, -0.05) is 30.3 Å². The van der Waals surface area contributed by atoms with Gasteiger partial charge in [0.1, 0.15) is 0 Å².